The molecule has 0 bridgehead atoms. The molecule has 0 aliphatic carbocycles. The number of aromatic hydroxyl groups is 1. The maximum absolute atomic E-state index is 11.9. The van der Waals surface area contributed by atoms with Crippen molar-refractivity contribution in [1.82, 2.24) is 0 Å². The number of halogens is 2. The number of para-hydroxylation sites is 1. The molecule has 98 valence electrons. The fraction of sp³-hybridized carbons (Fsp3) is 0.0714. The lowest BCUT2D eigenvalue weighted by atomic mass is 10.1. The minimum atomic E-state index is -0.218. The Morgan fingerprint density at radius 3 is 2.74 bits per heavy atom. The molecule has 0 aromatic heterocycles. The lowest BCUT2D eigenvalue weighted by Gasteiger charge is -2.08. The molecule has 2 rings (SSSR count). The van der Waals surface area contributed by atoms with Crippen LogP contribution >= 0.6 is 27.5 Å². The number of phenolic OH excluding ortho intramolecular Hbond substituents is 1. The summed E-state index contributed by atoms with van der Waals surface area (Å²) in [6, 6.07) is 11.9. The van der Waals surface area contributed by atoms with E-state index < -0.39 is 0 Å². The Kier molecular flexibility index (Phi) is 4.45. The van der Waals surface area contributed by atoms with Crippen molar-refractivity contribution >= 4 is 39.1 Å². The van der Waals surface area contributed by atoms with Crippen molar-refractivity contribution in [3.8, 4) is 5.75 Å². The van der Waals surface area contributed by atoms with E-state index in [1.807, 2.05) is 0 Å². The van der Waals surface area contributed by atoms with Crippen LogP contribution in [-0.4, -0.2) is 11.0 Å². The molecular formula is C14H11BrClNO2. The van der Waals surface area contributed by atoms with Gasteiger partial charge in [0.1, 0.15) is 5.75 Å². The maximum atomic E-state index is 11.9. The molecule has 2 aromatic carbocycles. The smallest absolute Gasteiger partial charge is 0.228 e. The lowest BCUT2D eigenvalue weighted by Crippen LogP contribution is -2.14. The van der Waals surface area contributed by atoms with Gasteiger partial charge in [0, 0.05) is 15.1 Å². The fourth-order valence-corrected chi connectivity index (χ4v) is 2.14. The SMILES string of the molecule is O=C(Cc1ccccc1O)Nc1cc(Cl)ccc1Br. The second-order valence-corrected chi connectivity index (χ2v) is 5.27. The van der Waals surface area contributed by atoms with Crippen LogP contribution in [0.25, 0.3) is 0 Å². The van der Waals surface area contributed by atoms with Gasteiger partial charge in [-0.25, -0.2) is 0 Å². The number of carbonyl (C=O) groups excluding carboxylic acids is 1. The molecular weight excluding hydrogens is 330 g/mol. The largest absolute Gasteiger partial charge is 0.508 e. The monoisotopic (exact) mass is 339 g/mol. The Bertz CT molecular complexity index is 616. The molecule has 0 aliphatic rings. The molecule has 2 aromatic rings. The van der Waals surface area contributed by atoms with Gasteiger partial charge in [0.25, 0.3) is 0 Å². The van der Waals surface area contributed by atoms with E-state index in [2.05, 4.69) is 21.2 Å². The number of carbonyl (C=O) groups is 1. The summed E-state index contributed by atoms with van der Waals surface area (Å²) < 4.78 is 0.752. The summed E-state index contributed by atoms with van der Waals surface area (Å²) in [5.41, 5.74) is 1.19. The molecule has 19 heavy (non-hydrogen) atoms. The van der Waals surface area contributed by atoms with E-state index in [-0.39, 0.29) is 18.1 Å². The van der Waals surface area contributed by atoms with Crippen LogP contribution in [0.2, 0.25) is 5.02 Å². The number of phenols is 1. The molecule has 0 heterocycles. The zero-order valence-electron chi connectivity index (χ0n) is 9.86. The van der Waals surface area contributed by atoms with Crippen molar-refractivity contribution in [2.45, 2.75) is 6.42 Å². The summed E-state index contributed by atoms with van der Waals surface area (Å²) in [4.78, 5) is 11.9. The molecule has 2 N–H and O–H groups in total. The van der Waals surface area contributed by atoms with Crippen LogP contribution in [0, 0.1) is 0 Å². The second-order valence-electron chi connectivity index (χ2n) is 3.98. The average Bonchev–Trinajstić information content (AvgIpc) is 2.37. The number of hydrogen-bond donors (Lipinski definition) is 2. The molecule has 3 nitrogen and oxygen atoms in total. The first-order valence-corrected chi connectivity index (χ1v) is 6.75. The van der Waals surface area contributed by atoms with Crippen molar-refractivity contribution in [1.29, 1.82) is 0 Å². The van der Waals surface area contributed by atoms with Crippen LogP contribution in [0.3, 0.4) is 0 Å². The zero-order valence-corrected chi connectivity index (χ0v) is 12.2. The topological polar surface area (TPSA) is 49.3 Å². The van der Waals surface area contributed by atoms with E-state index in [9.17, 15) is 9.90 Å². The minimum absolute atomic E-state index is 0.103. The zero-order chi connectivity index (χ0) is 13.8. The third kappa shape index (κ3) is 3.72. The lowest BCUT2D eigenvalue weighted by molar-refractivity contribution is -0.115. The highest BCUT2D eigenvalue weighted by atomic mass is 79.9. The van der Waals surface area contributed by atoms with E-state index in [4.69, 9.17) is 11.6 Å². The summed E-state index contributed by atoms with van der Waals surface area (Å²) in [5.74, 6) is -0.104. The van der Waals surface area contributed by atoms with E-state index in [1.165, 1.54) is 0 Å². The van der Waals surface area contributed by atoms with Crippen molar-refractivity contribution in [2.75, 3.05) is 5.32 Å². The Balaban J connectivity index is 2.10. The van der Waals surface area contributed by atoms with E-state index in [0.717, 1.165) is 4.47 Å². The Hall–Kier alpha value is -1.52. The highest BCUT2D eigenvalue weighted by molar-refractivity contribution is 9.10. The Morgan fingerprint density at radius 2 is 2.00 bits per heavy atom. The van der Waals surface area contributed by atoms with Gasteiger partial charge in [-0.2, -0.15) is 0 Å². The summed E-state index contributed by atoms with van der Waals surface area (Å²) in [6.45, 7) is 0. The van der Waals surface area contributed by atoms with Gasteiger partial charge in [-0.15, -0.1) is 0 Å². The maximum Gasteiger partial charge on any atom is 0.228 e. The van der Waals surface area contributed by atoms with E-state index in [0.29, 0.717) is 16.3 Å². The molecule has 0 atom stereocenters. The fourth-order valence-electron chi connectivity index (χ4n) is 1.62. The van der Waals surface area contributed by atoms with Gasteiger partial charge >= 0.3 is 0 Å². The van der Waals surface area contributed by atoms with Gasteiger partial charge in [0.15, 0.2) is 0 Å². The quantitative estimate of drug-likeness (QED) is 0.887. The predicted molar refractivity (Wildman–Crippen MR) is 79.6 cm³/mol. The van der Waals surface area contributed by atoms with Crippen LogP contribution in [0.4, 0.5) is 5.69 Å². The van der Waals surface area contributed by atoms with Crippen LogP contribution in [0.5, 0.6) is 5.75 Å². The molecule has 0 saturated carbocycles. The van der Waals surface area contributed by atoms with Crippen molar-refractivity contribution < 1.29 is 9.90 Å². The predicted octanol–water partition coefficient (Wildman–Crippen LogP) is 3.99. The van der Waals surface area contributed by atoms with Gasteiger partial charge in [0.2, 0.25) is 5.91 Å². The first kappa shape index (κ1) is 13.9. The number of amides is 1. The van der Waals surface area contributed by atoms with Gasteiger partial charge in [-0.3, -0.25) is 4.79 Å². The first-order valence-electron chi connectivity index (χ1n) is 5.58. The van der Waals surface area contributed by atoms with E-state index >= 15 is 0 Å². The summed E-state index contributed by atoms with van der Waals surface area (Å²) >= 11 is 9.21. The van der Waals surface area contributed by atoms with Gasteiger partial charge in [0.05, 0.1) is 12.1 Å². The van der Waals surface area contributed by atoms with Gasteiger partial charge < -0.3 is 10.4 Å². The summed E-state index contributed by atoms with van der Waals surface area (Å²) in [7, 11) is 0. The summed E-state index contributed by atoms with van der Waals surface area (Å²) in [5, 5.41) is 12.9. The van der Waals surface area contributed by atoms with Crippen LogP contribution in [-0.2, 0) is 11.2 Å². The average molecular weight is 341 g/mol. The second kappa shape index (κ2) is 6.08. The standard InChI is InChI=1S/C14H11BrClNO2/c15-11-6-5-10(16)8-12(11)17-14(19)7-9-3-1-2-4-13(9)18/h1-6,8,18H,7H2,(H,17,19). The number of rotatable bonds is 3. The highest BCUT2D eigenvalue weighted by Gasteiger charge is 2.09. The number of nitrogens with one attached hydrogen (secondary N) is 1. The molecule has 5 heteroatoms. The Labute approximate surface area is 124 Å². The highest BCUT2D eigenvalue weighted by Crippen LogP contribution is 2.26. The third-order valence-electron chi connectivity index (χ3n) is 2.55. The van der Waals surface area contributed by atoms with Gasteiger partial charge in [-0.1, -0.05) is 29.8 Å². The number of hydrogen-bond acceptors (Lipinski definition) is 2. The normalized spacial score (nSPS) is 10.2. The van der Waals surface area contributed by atoms with Crippen molar-refractivity contribution in [3.63, 3.8) is 0 Å². The molecule has 0 unspecified atom stereocenters. The Morgan fingerprint density at radius 1 is 1.26 bits per heavy atom. The van der Waals surface area contributed by atoms with Gasteiger partial charge in [-0.05, 0) is 40.2 Å². The molecule has 0 radical (unpaired) electrons. The van der Waals surface area contributed by atoms with Crippen LogP contribution in [0.15, 0.2) is 46.9 Å². The minimum Gasteiger partial charge on any atom is -0.508 e. The molecule has 0 fully saturated rings. The third-order valence-corrected chi connectivity index (χ3v) is 3.47. The summed E-state index contributed by atoms with van der Waals surface area (Å²) in [6.07, 6.45) is 0.103. The molecule has 0 aliphatic heterocycles. The van der Waals surface area contributed by atoms with Crippen LogP contribution in [0.1, 0.15) is 5.56 Å². The molecule has 0 saturated heterocycles. The number of anilines is 1. The van der Waals surface area contributed by atoms with Crippen molar-refractivity contribution in [2.24, 2.45) is 0 Å². The number of benzene rings is 2. The van der Waals surface area contributed by atoms with Crippen LogP contribution < -0.4 is 5.32 Å². The first-order chi connectivity index (χ1) is 9.06. The molecule has 1 amide bonds. The van der Waals surface area contributed by atoms with E-state index in [1.54, 1.807) is 42.5 Å². The van der Waals surface area contributed by atoms with Crippen molar-refractivity contribution in [3.05, 3.63) is 57.5 Å². The molecule has 0 spiro atoms.